The summed E-state index contributed by atoms with van der Waals surface area (Å²) in [4.78, 5) is 26.2. The van der Waals surface area contributed by atoms with Gasteiger partial charge in [-0.3, -0.25) is 9.59 Å². The molecule has 0 aliphatic carbocycles. The molecule has 0 bridgehead atoms. The van der Waals surface area contributed by atoms with E-state index in [9.17, 15) is 14.0 Å². The summed E-state index contributed by atoms with van der Waals surface area (Å²) < 4.78 is 14.2. The van der Waals surface area contributed by atoms with E-state index in [1.165, 1.54) is 16.8 Å². The van der Waals surface area contributed by atoms with Gasteiger partial charge in [0, 0.05) is 32.7 Å². The van der Waals surface area contributed by atoms with Crippen molar-refractivity contribution in [2.45, 2.75) is 19.4 Å². The van der Waals surface area contributed by atoms with Gasteiger partial charge in [-0.1, -0.05) is 12.1 Å². The maximum Gasteiger partial charge on any atom is 0.268 e. The largest absolute Gasteiger partial charge is 0.369 e. The van der Waals surface area contributed by atoms with E-state index in [4.69, 9.17) is 0 Å². The minimum Gasteiger partial charge on any atom is -0.369 e. The van der Waals surface area contributed by atoms with Gasteiger partial charge >= 0.3 is 0 Å². The molecule has 0 radical (unpaired) electrons. The third-order valence-corrected chi connectivity index (χ3v) is 4.49. The molecule has 6 nitrogen and oxygen atoms in total. The van der Waals surface area contributed by atoms with Crippen molar-refractivity contribution in [3.8, 4) is 0 Å². The number of hydrogen-bond donors (Lipinski definition) is 1. The Balaban J connectivity index is 1.60. The first-order chi connectivity index (χ1) is 12.0. The fourth-order valence-corrected chi connectivity index (χ4v) is 2.99. The molecule has 0 unspecified atom stereocenters. The number of aromatic nitrogens is 2. The molecule has 1 aromatic carbocycles. The van der Waals surface area contributed by atoms with E-state index in [2.05, 4.69) is 10.4 Å². The standard InChI is InChI=1S/C18H21FN4O2/c1-22-17(24)9-16(11-21-22)23-8-2-3-14(12-23)18(25)20-10-13-4-6-15(19)7-5-13/h4-7,9,11,14H,2-3,8,10,12H2,1H3,(H,20,25)/t14-/m0/s1. The van der Waals surface area contributed by atoms with Gasteiger partial charge in [-0.15, -0.1) is 0 Å². The van der Waals surface area contributed by atoms with Crippen LogP contribution in [0.4, 0.5) is 10.1 Å². The normalized spacial score (nSPS) is 17.4. The third-order valence-electron chi connectivity index (χ3n) is 4.49. The zero-order valence-electron chi connectivity index (χ0n) is 14.1. The molecule has 3 rings (SSSR count). The third kappa shape index (κ3) is 4.23. The lowest BCUT2D eigenvalue weighted by molar-refractivity contribution is -0.125. The van der Waals surface area contributed by atoms with Crippen molar-refractivity contribution < 1.29 is 9.18 Å². The van der Waals surface area contributed by atoms with Crippen molar-refractivity contribution >= 4 is 11.6 Å². The Morgan fingerprint density at radius 2 is 2.12 bits per heavy atom. The number of benzene rings is 1. The van der Waals surface area contributed by atoms with Crippen molar-refractivity contribution in [2.75, 3.05) is 18.0 Å². The molecule has 2 heterocycles. The minimum atomic E-state index is -0.291. The van der Waals surface area contributed by atoms with Crippen molar-refractivity contribution in [1.82, 2.24) is 15.1 Å². The van der Waals surface area contributed by atoms with Gasteiger partial charge in [0.25, 0.3) is 5.56 Å². The van der Waals surface area contributed by atoms with Crippen LogP contribution in [0.5, 0.6) is 0 Å². The number of rotatable bonds is 4. The summed E-state index contributed by atoms with van der Waals surface area (Å²) in [6.07, 6.45) is 3.34. The second-order valence-corrected chi connectivity index (χ2v) is 6.31. The van der Waals surface area contributed by atoms with Crippen molar-refractivity contribution in [3.63, 3.8) is 0 Å². The highest BCUT2D eigenvalue weighted by Gasteiger charge is 2.26. The number of carbonyl (C=O) groups excluding carboxylic acids is 1. The molecule has 1 atom stereocenters. The van der Waals surface area contributed by atoms with Crippen molar-refractivity contribution in [3.05, 3.63) is 58.3 Å². The maximum atomic E-state index is 12.9. The van der Waals surface area contributed by atoms with Crippen LogP contribution >= 0.6 is 0 Å². The first kappa shape index (κ1) is 17.1. The molecule has 132 valence electrons. The van der Waals surface area contributed by atoms with Crippen LogP contribution in [-0.4, -0.2) is 28.8 Å². The molecule has 1 amide bonds. The number of hydrogen-bond acceptors (Lipinski definition) is 4. The second-order valence-electron chi connectivity index (χ2n) is 6.31. The molecule has 2 aromatic rings. The SMILES string of the molecule is Cn1ncc(N2CCC[C@H](C(=O)NCc3ccc(F)cc3)C2)cc1=O. The zero-order valence-corrected chi connectivity index (χ0v) is 14.1. The van der Waals surface area contributed by atoms with Gasteiger partial charge in [0.2, 0.25) is 5.91 Å². The smallest absolute Gasteiger partial charge is 0.268 e. The monoisotopic (exact) mass is 344 g/mol. The maximum absolute atomic E-state index is 12.9. The number of halogens is 1. The van der Waals surface area contributed by atoms with E-state index in [-0.39, 0.29) is 23.2 Å². The Morgan fingerprint density at radius 3 is 2.84 bits per heavy atom. The van der Waals surface area contributed by atoms with E-state index >= 15 is 0 Å². The number of anilines is 1. The Bertz CT molecular complexity index is 803. The van der Waals surface area contributed by atoms with Gasteiger partial charge in [-0.05, 0) is 30.5 Å². The number of piperidine rings is 1. The fraction of sp³-hybridized carbons (Fsp3) is 0.389. The summed E-state index contributed by atoms with van der Waals surface area (Å²) in [6.45, 7) is 1.74. The first-order valence-corrected chi connectivity index (χ1v) is 8.33. The average Bonchev–Trinajstić information content (AvgIpc) is 2.63. The van der Waals surface area contributed by atoms with Crippen LogP contribution < -0.4 is 15.8 Å². The molecule has 1 aromatic heterocycles. The Labute approximate surface area is 145 Å². The summed E-state index contributed by atoms with van der Waals surface area (Å²) in [5, 5.41) is 6.95. The molecule has 1 aliphatic rings. The van der Waals surface area contributed by atoms with Gasteiger partial charge < -0.3 is 10.2 Å². The summed E-state index contributed by atoms with van der Waals surface area (Å²) >= 11 is 0. The number of nitrogens with zero attached hydrogens (tertiary/aromatic N) is 3. The van der Waals surface area contributed by atoms with Gasteiger partial charge in [-0.25, -0.2) is 9.07 Å². The van der Waals surface area contributed by atoms with E-state index in [0.717, 1.165) is 30.6 Å². The average molecular weight is 344 g/mol. The van der Waals surface area contributed by atoms with E-state index < -0.39 is 0 Å². The van der Waals surface area contributed by atoms with Gasteiger partial charge in [0.15, 0.2) is 0 Å². The number of nitrogens with one attached hydrogen (secondary N) is 1. The highest BCUT2D eigenvalue weighted by atomic mass is 19.1. The highest BCUT2D eigenvalue weighted by molar-refractivity contribution is 5.79. The molecule has 1 N–H and O–H groups in total. The van der Waals surface area contributed by atoms with Crippen LogP contribution in [0.15, 0.2) is 41.3 Å². The molecule has 0 spiro atoms. The Hall–Kier alpha value is -2.70. The van der Waals surface area contributed by atoms with Crippen LogP contribution in [-0.2, 0) is 18.4 Å². The quantitative estimate of drug-likeness (QED) is 0.912. The summed E-state index contributed by atoms with van der Waals surface area (Å²) in [6, 6.07) is 7.63. The van der Waals surface area contributed by atoms with Gasteiger partial charge in [0.1, 0.15) is 5.82 Å². The van der Waals surface area contributed by atoms with Crippen LogP contribution in [0, 0.1) is 11.7 Å². The highest BCUT2D eigenvalue weighted by Crippen LogP contribution is 2.21. The van der Waals surface area contributed by atoms with Gasteiger partial charge in [0.05, 0.1) is 17.8 Å². The molecule has 1 saturated heterocycles. The fourth-order valence-electron chi connectivity index (χ4n) is 2.99. The van der Waals surface area contributed by atoms with Crippen molar-refractivity contribution in [2.24, 2.45) is 13.0 Å². The second kappa shape index (κ2) is 7.46. The van der Waals surface area contributed by atoms with Crippen LogP contribution in [0.1, 0.15) is 18.4 Å². The molecule has 1 aliphatic heterocycles. The number of aryl methyl sites for hydroxylation is 1. The lowest BCUT2D eigenvalue weighted by Crippen LogP contribution is -2.43. The lowest BCUT2D eigenvalue weighted by atomic mass is 9.96. The Morgan fingerprint density at radius 1 is 1.36 bits per heavy atom. The topological polar surface area (TPSA) is 67.2 Å². The summed E-state index contributed by atoms with van der Waals surface area (Å²) in [5.41, 5.74) is 1.44. The first-order valence-electron chi connectivity index (χ1n) is 8.33. The van der Waals surface area contributed by atoms with E-state index in [0.29, 0.717) is 13.1 Å². The number of carbonyl (C=O) groups is 1. The van der Waals surface area contributed by atoms with Crippen LogP contribution in [0.2, 0.25) is 0 Å². The molecule has 1 fully saturated rings. The van der Waals surface area contributed by atoms with E-state index in [1.54, 1.807) is 31.4 Å². The molecule has 0 saturated carbocycles. The lowest BCUT2D eigenvalue weighted by Gasteiger charge is -2.33. The summed E-state index contributed by atoms with van der Waals surface area (Å²) in [5.74, 6) is -0.454. The molecule has 25 heavy (non-hydrogen) atoms. The molecular formula is C18H21FN4O2. The summed E-state index contributed by atoms with van der Waals surface area (Å²) in [7, 11) is 1.61. The van der Waals surface area contributed by atoms with Crippen molar-refractivity contribution in [1.29, 1.82) is 0 Å². The predicted molar refractivity (Wildman–Crippen MR) is 92.7 cm³/mol. The van der Waals surface area contributed by atoms with Crippen LogP contribution in [0.3, 0.4) is 0 Å². The molecular weight excluding hydrogens is 323 g/mol. The minimum absolute atomic E-state index is 0.0224. The van der Waals surface area contributed by atoms with Crippen LogP contribution in [0.25, 0.3) is 0 Å². The van der Waals surface area contributed by atoms with Gasteiger partial charge in [-0.2, -0.15) is 5.10 Å². The Kier molecular flexibility index (Phi) is 5.11. The predicted octanol–water partition coefficient (Wildman–Crippen LogP) is 1.45. The van der Waals surface area contributed by atoms with E-state index in [1.807, 2.05) is 4.90 Å². The zero-order chi connectivity index (χ0) is 17.8. The molecule has 7 heteroatoms. The number of amides is 1.